The van der Waals surface area contributed by atoms with E-state index in [1.54, 1.807) is 17.0 Å². The molecule has 6 heteroatoms. The minimum absolute atomic E-state index is 0.162. The van der Waals surface area contributed by atoms with Crippen LogP contribution in [0.1, 0.15) is 23.3 Å². The summed E-state index contributed by atoms with van der Waals surface area (Å²) in [6, 6.07) is 0. The lowest BCUT2D eigenvalue weighted by Gasteiger charge is -2.16. The number of amides is 1. The highest BCUT2D eigenvalue weighted by molar-refractivity contribution is 5.92. The molecule has 1 atom stereocenters. The Morgan fingerprint density at radius 3 is 3.25 bits per heavy atom. The molecule has 0 N–H and O–H groups in total. The van der Waals surface area contributed by atoms with Gasteiger partial charge in [-0.1, -0.05) is 17.2 Å². The molecule has 0 spiro atoms. The van der Waals surface area contributed by atoms with Crippen molar-refractivity contribution in [2.75, 3.05) is 19.7 Å². The number of carbonyl (C=O) groups is 1. The number of hydrogen-bond donors (Lipinski definition) is 0. The molecular weight excluding hydrogens is 256 g/mol. The van der Waals surface area contributed by atoms with Crippen LogP contribution in [-0.4, -0.2) is 51.6 Å². The number of ether oxygens (including phenoxy) is 1. The number of nitrogens with zero attached hydrogens (tertiary/aromatic N) is 4. The summed E-state index contributed by atoms with van der Waals surface area (Å²) in [6.45, 7) is 5.64. The minimum Gasteiger partial charge on any atom is -0.376 e. The van der Waals surface area contributed by atoms with E-state index in [1.165, 1.54) is 4.90 Å². The number of carbonyl (C=O) groups excluding carboxylic acids is 1. The Kier molecular flexibility index (Phi) is 4.91. The maximum Gasteiger partial charge on any atom is 0.277 e. The molecule has 2 heterocycles. The fraction of sp³-hybridized carbons (Fsp3) is 0.500. The number of terminal acetylenes is 1. The van der Waals surface area contributed by atoms with Gasteiger partial charge in [0.05, 0.1) is 25.4 Å². The summed E-state index contributed by atoms with van der Waals surface area (Å²) in [5, 5.41) is 7.87. The summed E-state index contributed by atoms with van der Waals surface area (Å²) in [6.07, 6.45) is 10.8. The number of aromatic nitrogens is 3. The summed E-state index contributed by atoms with van der Waals surface area (Å²) in [7, 11) is 0. The first-order valence-corrected chi connectivity index (χ1v) is 6.60. The second-order valence-electron chi connectivity index (χ2n) is 4.64. The second-order valence-corrected chi connectivity index (χ2v) is 4.64. The molecule has 0 aliphatic carbocycles. The van der Waals surface area contributed by atoms with Crippen molar-refractivity contribution in [1.29, 1.82) is 0 Å². The monoisotopic (exact) mass is 274 g/mol. The molecule has 1 aliphatic heterocycles. The summed E-state index contributed by atoms with van der Waals surface area (Å²) in [5.41, 5.74) is 0.292. The predicted octanol–water partition coefficient (Wildman–Crippen LogP) is 0.718. The third-order valence-electron chi connectivity index (χ3n) is 3.09. The molecule has 1 aromatic heterocycles. The van der Waals surface area contributed by atoms with Crippen LogP contribution in [0.25, 0.3) is 0 Å². The molecule has 0 aromatic carbocycles. The third kappa shape index (κ3) is 3.45. The van der Waals surface area contributed by atoms with Crippen LogP contribution in [0, 0.1) is 12.3 Å². The van der Waals surface area contributed by atoms with Crippen LogP contribution in [0.5, 0.6) is 0 Å². The lowest BCUT2D eigenvalue weighted by molar-refractivity contribution is 0.0787. The number of rotatable bonds is 6. The van der Waals surface area contributed by atoms with Gasteiger partial charge in [0, 0.05) is 13.2 Å². The lowest BCUT2D eigenvalue weighted by Crippen LogP contribution is -2.31. The van der Waals surface area contributed by atoms with Crippen molar-refractivity contribution in [3.8, 4) is 12.3 Å². The number of hydrogen-bond acceptors (Lipinski definition) is 4. The standard InChI is InChI=1S/C14H18N4O2/c1-3-7-17(8-4-2)14(19)13-11-18(16-15-13)10-12-6-5-9-20-12/h1,4,11-12H,2,5-10H2/t12-/m0/s1. The molecule has 1 aromatic rings. The molecule has 1 saturated heterocycles. The van der Waals surface area contributed by atoms with Gasteiger partial charge in [0.1, 0.15) is 0 Å². The Labute approximate surface area is 118 Å². The van der Waals surface area contributed by atoms with Gasteiger partial charge in [-0.25, -0.2) is 4.68 Å². The summed E-state index contributed by atoms with van der Waals surface area (Å²) < 4.78 is 7.17. The summed E-state index contributed by atoms with van der Waals surface area (Å²) in [4.78, 5) is 13.7. The Hall–Kier alpha value is -2.13. The van der Waals surface area contributed by atoms with E-state index in [-0.39, 0.29) is 18.6 Å². The molecule has 0 unspecified atom stereocenters. The van der Waals surface area contributed by atoms with E-state index in [4.69, 9.17) is 11.2 Å². The van der Waals surface area contributed by atoms with Gasteiger partial charge < -0.3 is 9.64 Å². The van der Waals surface area contributed by atoms with Gasteiger partial charge in [0.2, 0.25) is 0 Å². The molecule has 2 rings (SSSR count). The molecule has 20 heavy (non-hydrogen) atoms. The van der Waals surface area contributed by atoms with Gasteiger partial charge in [-0.3, -0.25) is 4.79 Å². The smallest absolute Gasteiger partial charge is 0.277 e. The van der Waals surface area contributed by atoms with E-state index in [1.807, 2.05) is 0 Å². The highest BCUT2D eigenvalue weighted by atomic mass is 16.5. The Morgan fingerprint density at radius 2 is 2.60 bits per heavy atom. The molecule has 0 saturated carbocycles. The lowest BCUT2D eigenvalue weighted by atomic mass is 10.2. The van der Waals surface area contributed by atoms with Crippen LogP contribution < -0.4 is 0 Å². The van der Waals surface area contributed by atoms with E-state index in [9.17, 15) is 4.79 Å². The van der Waals surface area contributed by atoms with Crippen molar-refractivity contribution in [2.45, 2.75) is 25.5 Å². The predicted molar refractivity (Wildman–Crippen MR) is 73.9 cm³/mol. The first kappa shape index (κ1) is 14.3. The first-order chi connectivity index (χ1) is 9.74. The normalized spacial score (nSPS) is 17.6. The van der Waals surface area contributed by atoms with E-state index in [2.05, 4.69) is 22.8 Å². The van der Waals surface area contributed by atoms with Crippen LogP contribution in [-0.2, 0) is 11.3 Å². The van der Waals surface area contributed by atoms with Crippen LogP contribution in [0.4, 0.5) is 0 Å². The van der Waals surface area contributed by atoms with Gasteiger partial charge in [0.25, 0.3) is 5.91 Å². The SMILES string of the molecule is C#CCN(CC=C)C(=O)c1cn(C[C@@H]2CCCO2)nn1. The highest BCUT2D eigenvalue weighted by Gasteiger charge is 2.20. The van der Waals surface area contributed by atoms with Crippen LogP contribution in [0.15, 0.2) is 18.9 Å². The minimum atomic E-state index is -0.235. The topological polar surface area (TPSA) is 60.2 Å². The summed E-state index contributed by atoms with van der Waals surface area (Å²) in [5.74, 6) is 2.22. The molecule has 106 valence electrons. The maximum atomic E-state index is 12.2. The second kappa shape index (κ2) is 6.87. The molecule has 0 bridgehead atoms. The van der Waals surface area contributed by atoms with E-state index in [0.29, 0.717) is 18.8 Å². The quantitative estimate of drug-likeness (QED) is 0.566. The van der Waals surface area contributed by atoms with Gasteiger partial charge in [-0.05, 0) is 12.8 Å². The Morgan fingerprint density at radius 1 is 1.75 bits per heavy atom. The van der Waals surface area contributed by atoms with Gasteiger partial charge in [-0.2, -0.15) is 0 Å². The van der Waals surface area contributed by atoms with Crippen LogP contribution >= 0.6 is 0 Å². The molecule has 0 radical (unpaired) electrons. The Bertz CT molecular complexity index is 511. The Balaban J connectivity index is 2.00. The third-order valence-corrected chi connectivity index (χ3v) is 3.09. The van der Waals surface area contributed by atoms with Gasteiger partial charge >= 0.3 is 0 Å². The molecular formula is C14H18N4O2. The molecule has 6 nitrogen and oxygen atoms in total. The van der Waals surface area contributed by atoms with Crippen molar-refractivity contribution < 1.29 is 9.53 Å². The van der Waals surface area contributed by atoms with Gasteiger partial charge in [-0.15, -0.1) is 18.1 Å². The zero-order chi connectivity index (χ0) is 14.4. The zero-order valence-electron chi connectivity index (χ0n) is 11.4. The van der Waals surface area contributed by atoms with Crippen molar-refractivity contribution in [3.05, 3.63) is 24.5 Å². The highest BCUT2D eigenvalue weighted by Crippen LogP contribution is 2.13. The zero-order valence-corrected chi connectivity index (χ0v) is 11.4. The van der Waals surface area contributed by atoms with Crippen molar-refractivity contribution in [1.82, 2.24) is 19.9 Å². The fourth-order valence-electron chi connectivity index (χ4n) is 2.13. The summed E-state index contributed by atoms with van der Waals surface area (Å²) >= 11 is 0. The van der Waals surface area contributed by atoms with E-state index >= 15 is 0 Å². The van der Waals surface area contributed by atoms with Crippen molar-refractivity contribution in [3.63, 3.8) is 0 Å². The van der Waals surface area contributed by atoms with Crippen molar-refractivity contribution >= 4 is 5.91 Å². The van der Waals surface area contributed by atoms with Crippen LogP contribution in [0.3, 0.4) is 0 Å². The first-order valence-electron chi connectivity index (χ1n) is 6.60. The van der Waals surface area contributed by atoms with E-state index in [0.717, 1.165) is 19.4 Å². The van der Waals surface area contributed by atoms with Gasteiger partial charge in [0.15, 0.2) is 5.69 Å². The van der Waals surface area contributed by atoms with E-state index < -0.39 is 0 Å². The molecule has 1 fully saturated rings. The average molecular weight is 274 g/mol. The maximum absolute atomic E-state index is 12.2. The molecule has 1 amide bonds. The average Bonchev–Trinajstić information content (AvgIpc) is 3.10. The fourth-order valence-corrected chi connectivity index (χ4v) is 2.13. The van der Waals surface area contributed by atoms with Crippen molar-refractivity contribution in [2.24, 2.45) is 0 Å². The molecule has 1 aliphatic rings. The largest absolute Gasteiger partial charge is 0.376 e. The van der Waals surface area contributed by atoms with Crippen LogP contribution in [0.2, 0.25) is 0 Å².